The highest BCUT2D eigenvalue weighted by atomic mass is 15.0. The minimum Gasteiger partial charge on any atom is -0.304 e. The van der Waals surface area contributed by atoms with Crippen molar-refractivity contribution in [2.45, 2.75) is 0 Å². The third-order valence-corrected chi connectivity index (χ3v) is 3.83. The number of hydrogen-bond acceptors (Lipinski definition) is 1. The molecule has 0 amide bonds. The molecule has 0 saturated heterocycles. The van der Waals surface area contributed by atoms with Crippen LogP contribution in [0.4, 0.5) is 0 Å². The molecule has 2 heterocycles. The van der Waals surface area contributed by atoms with Crippen molar-refractivity contribution in [3.63, 3.8) is 0 Å². The Kier molecular flexibility index (Phi) is 2.61. The number of fused-ring (bicyclic) bond motifs is 3. The summed E-state index contributed by atoms with van der Waals surface area (Å²) in [5.41, 5.74) is 4.41. The van der Waals surface area contributed by atoms with Crippen molar-refractivity contribution in [2.75, 3.05) is 0 Å². The van der Waals surface area contributed by atoms with E-state index in [1.807, 2.05) is 30.6 Å². The molecule has 2 nitrogen and oxygen atoms in total. The number of rotatable bonds is 2. The minimum atomic E-state index is 1.02. The van der Waals surface area contributed by atoms with Crippen LogP contribution >= 0.6 is 0 Å². The Morgan fingerprint density at radius 1 is 0.905 bits per heavy atom. The number of aromatic nitrogens is 2. The van der Waals surface area contributed by atoms with Crippen LogP contribution in [0.3, 0.4) is 0 Å². The molecule has 0 aliphatic heterocycles. The largest absolute Gasteiger partial charge is 0.304 e. The Morgan fingerprint density at radius 3 is 2.38 bits per heavy atom. The van der Waals surface area contributed by atoms with Gasteiger partial charge >= 0.3 is 0 Å². The van der Waals surface area contributed by atoms with Crippen molar-refractivity contribution in [3.05, 3.63) is 79.3 Å². The van der Waals surface area contributed by atoms with E-state index in [4.69, 9.17) is 0 Å². The average Bonchev–Trinajstić information content (AvgIpc) is 2.99. The molecule has 4 rings (SSSR count). The normalized spacial score (nSPS) is 11.0. The van der Waals surface area contributed by atoms with Crippen LogP contribution in [0.5, 0.6) is 0 Å². The van der Waals surface area contributed by atoms with Crippen LogP contribution in [0.1, 0.15) is 5.56 Å². The van der Waals surface area contributed by atoms with Crippen LogP contribution in [-0.4, -0.2) is 9.38 Å². The molecule has 0 fully saturated rings. The fourth-order valence-corrected chi connectivity index (χ4v) is 2.86. The quantitative estimate of drug-likeness (QED) is 0.511. The van der Waals surface area contributed by atoms with E-state index >= 15 is 0 Å². The molecule has 0 N–H and O–H groups in total. The van der Waals surface area contributed by atoms with E-state index < -0.39 is 0 Å². The summed E-state index contributed by atoms with van der Waals surface area (Å²) in [4.78, 5) is 4.62. The molecule has 0 spiro atoms. The van der Waals surface area contributed by atoms with Gasteiger partial charge in [-0.05, 0) is 10.9 Å². The molecule has 0 atom stereocenters. The predicted octanol–water partition coefficient (Wildman–Crippen LogP) is 4.80. The Labute approximate surface area is 123 Å². The molecule has 0 unspecified atom stereocenters. The summed E-state index contributed by atoms with van der Waals surface area (Å²) in [7, 11) is 0. The zero-order valence-corrected chi connectivity index (χ0v) is 11.5. The molecule has 2 aromatic heterocycles. The van der Waals surface area contributed by atoms with E-state index in [9.17, 15) is 0 Å². The Balaban J connectivity index is 2.17. The third-order valence-electron chi connectivity index (χ3n) is 3.83. The summed E-state index contributed by atoms with van der Waals surface area (Å²) < 4.78 is 2.08. The SMILES string of the molecule is C=Cc1cn2cnc(-c3ccccc3)c2c2ccccc12. The highest BCUT2D eigenvalue weighted by Gasteiger charge is 2.11. The average molecular weight is 270 g/mol. The fourth-order valence-electron chi connectivity index (χ4n) is 2.86. The van der Waals surface area contributed by atoms with Crippen LogP contribution < -0.4 is 0 Å². The van der Waals surface area contributed by atoms with Crippen molar-refractivity contribution in [2.24, 2.45) is 0 Å². The second kappa shape index (κ2) is 4.60. The first kappa shape index (κ1) is 11.9. The maximum atomic E-state index is 4.62. The van der Waals surface area contributed by atoms with Crippen molar-refractivity contribution < 1.29 is 0 Å². The summed E-state index contributed by atoms with van der Waals surface area (Å²) in [5, 5.41) is 2.41. The summed E-state index contributed by atoms with van der Waals surface area (Å²) in [6, 6.07) is 18.7. The lowest BCUT2D eigenvalue weighted by Crippen LogP contribution is -1.89. The molecular weight excluding hydrogens is 256 g/mol. The van der Waals surface area contributed by atoms with E-state index in [2.05, 4.69) is 58.6 Å². The highest BCUT2D eigenvalue weighted by Crippen LogP contribution is 2.31. The number of hydrogen-bond donors (Lipinski definition) is 0. The van der Waals surface area contributed by atoms with Crippen molar-refractivity contribution in [1.29, 1.82) is 0 Å². The van der Waals surface area contributed by atoms with E-state index in [0.29, 0.717) is 0 Å². The third kappa shape index (κ3) is 1.77. The standard InChI is InChI=1S/C19H14N2/c1-2-14-12-21-13-20-18(15-8-4-3-5-9-15)19(21)17-11-7-6-10-16(14)17/h2-13H,1H2. The Morgan fingerprint density at radius 2 is 1.62 bits per heavy atom. The van der Waals surface area contributed by atoms with Gasteiger partial charge in [-0.2, -0.15) is 0 Å². The summed E-state index contributed by atoms with van der Waals surface area (Å²) in [6.45, 7) is 3.92. The Bertz CT molecular complexity index is 949. The predicted molar refractivity (Wildman–Crippen MR) is 88.2 cm³/mol. The van der Waals surface area contributed by atoms with Gasteiger partial charge in [0.2, 0.25) is 0 Å². The summed E-state index contributed by atoms with van der Waals surface area (Å²) >= 11 is 0. The van der Waals surface area contributed by atoms with Gasteiger partial charge < -0.3 is 4.40 Å². The second-order valence-electron chi connectivity index (χ2n) is 5.05. The molecule has 0 aliphatic rings. The van der Waals surface area contributed by atoms with Crippen molar-refractivity contribution in [3.8, 4) is 11.3 Å². The van der Waals surface area contributed by atoms with E-state index in [0.717, 1.165) is 22.3 Å². The van der Waals surface area contributed by atoms with E-state index in [1.165, 1.54) is 10.8 Å². The van der Waals surface area contributed by atoms with Gasteiger partial charge in [0.15, 0.2) is 0 Å². The minimum absolute atomic E-state index is 1.02. The molecule has 2 aromatic carbocycles. The zero-order valence-electron chi connectivity index (χ0n) is 11.5. The van der Waals surface area contributed by atoms with Crippen LogP contribution in [0, 0.1) is 0 Å². The first-order valence-corrected chi connectivity index (χ1v) is 6.95. The smallest absolute Gasteiger partial charge is 0.1000 e. The van der Waals surface area contributed by atoms with Gasteiger partial charge in [0, 0.05) is 17.1 Å². The zero-order chi connectivity index (χ0) is 14.2. The second-order valence-corrected chi connectivity index (χ2v) is 5.05. The number of benzene rings is 2. The van der Waals surface area contributed by atoms with Crippen LogP contribution in [0.25, 0.3) is 33.6 Å². The van der Waals surface area contributed by atoms with Crippen LogP contribution in [0.2, 0.25) is 0 Å². The topological polar surface area (TPSA) is 17.3 Å². The first-order chi connectivity index (χ1) is 10.4. The van der Waals surface area contributed by atoms with Crippen LogP contribution in [0.15, 0.2) is 73.7 Å². The maximum Gasteiger partial charge on any atom is 0.1000 e. The van der Waals surface area contributed by atoms with Crippen molar-refractivity contribution >= 4 is 22.4 Å². The fraction of sp³-hybridized carbons (Fsp3) is 0. The van der Waals surface area contributed by atoms with Gasteiger partial charge in [0.25, 0.3) is 0 Å². The number of imidazole rings is 1. The molecular formula is C19H14N2. The van der Waals surface area contributed by atoms with E-state index in [1.54, 1.807) is 0 Å². The van der Waals surface area contributed by atoms with Crippen LogP contribution in [-0.2, 0) is 0 Å². The van der Waals surface area contributed by atoms with Gasteiger partial charge in [-0.3, -0.25) is 0 Å². The molecule has 0 radical (unpaired) electrons. The number of nitrogens with zero attached hydrogens (tertiary/aromatic N) is 2. The lowest BCUT2D eigenvalue weighted by molar-refractivity contribution is 1.16. The highest BCUT2D eigenvalue weighted by molar-refractivity contribution is 6.05. The van der Waals surface area contributed by atoms with Gasteiger partial charge in [-0.25, -0.2) is 4.98 Å². The van der Waals surface area contributed by atoms with Gasteiger partial charge in [0.1, 0.15) is 0 Å². The molecule has 4 aromatic rings. The summed E-state index contributed by atoms with van der Waals surface area (Å²) in [6.07, 6.45) is 5.85. The Hall–Kier alpha value is -2.87. The molecule has 0 aliphatic carbocycles. The number of pyridine rings is 1. The van der Waals surface area contributed by atoms with Gasteiger partial charge in [-0.15, -0.1) is 0 Å². The lowest BCUT2D eigenvalue weighted by Gasteiger charge is -2.07. The maximum absolute atomic E-state index is 4.62. The first-order valence-electron chi connectivity index (χ1n) is 6.95. The molecule has 2 heteroatoms. The summed E-state index contributed by atoms with van der Waals surface area (Å²) in [5.74, 6) is 0. The molecule has 21 heavy (non-hydrogen) atoms. The molecule has 0 saturated carbocycles. The van der Waals surface area contributed by atoms with E-state index in [-0.39, 0.29) is 0 Å². The van der Waals surface area contributed by atoms with Crippen molar-refractivity contribution in [1.82, 2.24) is 9.38 Å². The van der Waals surface area contributed by atoms with Gasteiger partial charge in [0.05, 0.1) is 17.5 Å². The molecule has 0 bridgehead atoms. The lowest BCUT2D eigenvalue weighted by atomic mass is 10.0. The monoisotopic (exact) mass is 270 g/mol. The molecule has 100 valence electrons. The van der Waals surface area contributed by atoms with Gasteiger partial charge in [-0.1, -0.05) is 67.3 Å².